The zero-order valence-corrected chi connectivity index (χ0v) is 11.0. The van der Waals surface area contributed by atoms with Gasteiger partial charge in [-0.15, -0.1) is 0 Å². The van der Waals surface area contributed by atoms with Crippen LogP contribution >= 0.6 is 11.6 Å². The van der Waals surface area contributed by atoms with E-state index in [-0.39, 0.29) is 5.91 Å². The van der Waals surface area contributed by atoms with E-state index in [1.807, 2.05) is 7.05 Å². The zero-order valence-electron chi connectivity index (χ0n) is 10.3. The number of nitrogens with one attached hydrogen (secondary N) is 1. The van der Waals surface area contributed by atoms with Crippen molar-refractivity contribution in [3.05, 3.63) is 28.8 Å². The monoisotopic (exact) mass is 256 g/mol. The molecule has 17 heavy (non-hydrogen) atoms. The second-order valence-corrected chi connectivity index (χ2v) is 4.05. The van der Waals surface area contributed by atoms with E-state index in [4.69, 9.17) is 16.3 Å². The van der Waals surface area contributed by atoms with Gasteiger partial charge < -0.3 is 15.0 Å². The Hall–Kier alpha value is -1.26. The lowest BCUT2D eigenvalue weighted by Gasteiger charge is -2.19. The fourth-order valence-electron chi connectivity index (χ4n) is 1.45. The average molecular weight is 257 g/mol. The number of carbonyl (C=O) groups is 1. The summed E-state index contributed by atoms with van der Waals surface area (Å²) in [5, 5.41) is 3.40. The third-order valence-electron chi connectivity index (χ3n) is 2.45. The van der Waals surface area contributed by atoms with Gasteiger partial charge in [-0.3, -0.25) is 4.79 Å². The number of likely N-dealkylation sites (N-methyl/N-ethyl adjacent to an activating group) is 2. The first kappa shape index (κ1) is 13.8. The zero-order chi connectivity index (χ0) is 12.8. The summed E-state index contributed by atoms with van der Waals surface area (Å²) in [5.41, 5.74) is 0.412. The number of hydrogen-bond acceptors (Lipinski definition) is 3. The molecule has 1 aromatic rings. The van der Waals surface area contributed by atoms with Crippen molar-refractivity contribution in [1.29, 1.82) is 0 Å². The number of carbonyl (C=O) groups excluding carboxylic acids is 1. The maximum absolute atomic E-state index is 12.2. The molecule has 0 aromatic heterocycles. The van der Waals surface area contributed by atoms with Gasteiger partial charge in [0.05, 0.1) is 12.1 Å². The largest absolute Gasteiger partial charge is 0.496 e. The second kappa shape index (κ2) is 6.47. The van der Waals surface area contributed by atoms with Crippen LogP contribution in [0, 0.1) is 0 Å². The van der Waals surface area contributed by atoms with Crippen molar-refractivity contribution in [3.63, 3.8) is 0 Å². The van der Waals surface area contributed by atoms with Gasteiger partial charge in [0.2, 0.25) is 0 Å². The first-order chi connectivity index (χ1) is 8.11. The smallest absolute Gasteiger partial charge is 0.258 e. The van der Waals surface area contributed by atoms with Crippen LogP contribution in [-0.4, -0.2) is 45.1 Å². The maximum Gasteiger partial charge on any atom is 0.258 e. The van der Waals surface area contributed by atoms with Crippen LogP contribution in [0.5, 0.6) is 5.75 Å². The summed E-state index contributed by atoms with van der Waals surface area (Å²) < 4.78 is 5.15. The molecule has 0 saturated heterocycles. The summed E-state index contributed by atoms with van der Waals surface area (Å²) in [6.45, 7) is 1.35. The van der Waals surface area contributed by atoms with Gasteiger partial charge in [-0.25, -0.2) is 0 Å². The van der Waals surface area contributed by atoms with Crippen LogP contribution in [0.2, 0.25) is 5.02 Å². The standard InChI is InChI=1S/C12H17ClN2O2/c1-14-7-8-15(2)12(16)11-9(13)5-4-6-10(11)17-3/h4-6,14H,7-8H2,1-3H3. The van der Waals surface area contributed by atoms with E-state index in [9.17, 15) is 4.79 Å². The molecule has 0 saturated carbocycles. The highest BCUT2D eigenvalue weighted by Gasteiger charge is 2.19. The Balaban J connectivity index is 2.95. The normalized spacial score (nSPS) is 10.1. The molecule has 0 bridgehead atoms. The van der Waals surface area contributed by atoms with Crippen molar-refractivity contribution >= 4 is 17.5 Å². The molecule has 0 atom stereocenters. The Labute approximate surface area is 107 Å². The highest BCUT2D eigenvalue weighted by molar-refractivity contribution is 6.34. The number of ether oxygens (including phenoxy) is 1. The molecule has 4 nitrogen and oxygen atoms in total. The topological polar surface area (TPSA) is 41.6 Å². The van der Waals surface area contributed by atoms with Crippen LogP contribution in [0.15, 0.2) is 18.2 Å². The fraction of sp³-hybridized carbons (Fsp3) is 0.417. The number of amides is 1. The third-order valence-corrected chi connectivity index (χ3v) is 2.77. The van der Waals surface area contributed by atoms with E-state index in [1.54, 1.807) is 30.1 Å². The van der Waals surface area contributed by atoms with Crippen LogP contribution < -0.4 is 10.1 Å². The number of methoxy groups -OCH3 is 1. The van der Waals surface area contributed by atoms with Crippen LogP contribution in [0.3, 0.4) is 0 Å². The van der Waals surface area contributed by atoms with Gasteiger partial charge in [0, 0.05) is 20.1 Å². The highest BCUT2D eigenvalue weighted by Crippen LogP contribution is 2.27. The lowest BCUT2D eigenvalue weighted by Crippen LogP contribution is -2.33. The van der Waals surface area contributed by atoms with Gasteiger partial charge in [0.15, 0.2) is 0 Å². The van der Waals surface area contributed by atoms with Gasteiger partial charge >= 0.3 is 0 Å². The van der Waals surface area contributed by atoms with Crippen molar-refractivity contribution in [3.8, 4) is 5.75 Å². The molecule has 0 spiro atoms. The van der Waals surface area contributed by atoms with Crippen LogP contribution in [-0.2, 0) is 0 Å². The molecule has 0 aliphatic carbocycles. The molecule has 1 aromatic carbocycles. The minimum Gasteiger partial charge on any atom is -0.496 e. The first-order valence-electron chi connectivity index (χ1n) is 5.34. The van der Waals surface area contributed by atoms with Crippen LogP contribution in [0.25, 0.3) is 0 Å². The highest BCUT2D eigenvalue weighted by atomic mass is 35.5. The molecule has 0 unspecified atom stereocenters. The Kier molecular flexibility index (Phi) is 5.25. The molecular weight excluding hydrogens is 240 g/mol. The van der Waals surface area contributed by atoms with Gasteiger partial charge in [-0.1, -0.05) is 17.7 Å². The number of hydrogen-bond donors (Lipinski definition) is 1. The number of halogens is 1. The summed E-state index contributed by atoms with van der Waals surface area (Å²) in [7, 11) is 5.10. The minimum atomic E-state index is -0.136. The quantitative estimate of drug-likeness (QED) is 0.871. The molecule has 5 heteroatoms. The molecule has 0 fully saturated rings. The van der Waals surface area contributed by atoms with Crippen molar-refractivity contribution in [2.45, 2.75) is 0 Å². The first-order valence-corrected chi connectivity index (χ1v) is 5.72. The van der Waals surface area contributed by atoms with Gasteiger partial charge in [0.1, 0.15) is 11.3 Å². The van der Waals surface area contributed by atoms with Gasteiger partial charge in [0.25, 0.3) is 5.91 Å². The molecule has 0 radical (unpaired) electrons. The van der Waals surface area contributed by atoms with E-state index in [2.05, 4.69) is 5.32 Å². The number of rotatable bonds is 5. The summed E-state index contributed by atoms with van der Waals surface area (Å²) >= 11 is 6.04. The van der Waals surface area contributed by atoms with Crippen molar-refractivity contribution < 1.29 is 9.53 Å². The van der Waals surface area contributed by atoms with E-state index >= 15 is 0 Å². The maximum atomic E-state index is 12.2. The summed E-state index contributed by atoms with van der Waals surface area (Å²) in [6, 6.07) is 5.17. The van der Waals surface area contributed by atoms with E-state index in [1.165, 1.54) is 7.11 Å². The summed E-state index contributed by atoms with van der Waals surface area (Å²) in [6.07, 6.45) is 0. The molecule has 1 amide bonds. The van der Waals surface area contributed by atoms with Gasteiger partial charge in [-0.05, 0) is 19.2 Å². The molecule has 0 aliphatic heterocycles. The average Bonchev–Trinajstić information content (AvgIpc) is 2.34. The van der Waals surface area contributed by atoms with Crippen molar-refractivity contribution in [2.75, 3.05) is 34.3 Å². The second-order valence-electron chi connectivity index (χ2n) is 3.65. The van der Waals surface area contributed by atoms with Crippen molar-refractivity contribution in [2.24, 2.45) is 0 Å². The molecule has 0 aliphatic rings. The van der Waals surface area contributed by atoms with E-state index < -0.39 is 0 Å². The lowest BCUT2D eigenvalue weighted by atomic mass is 10.1. The Morgan fingerprint density at radius 2 is 2.24 bits per heavy atom. The predicted octanol–water partition coefficient (Wildman–Crippen LogP) is 1.64. The number of nitrogens with zero attached hydrogens (tertiary/aromatic N) is 1. The predicted molar refractivity (Wildman–Crippen MR) is 68.9 cm³/mol. The fourth-order valence-corrected chi connectivity index (χ4v) is 1.70. The third kappa shape index (κ3) is 3.35. The van der Waals surface area contributed by atoms with E-state index in [0.29, 0.717) is 22.9 Å². The summed E-state index contributed by atoms with van der Waals surface area (Å²) in [5.74, 6) is 0.363. The van der Waals surface area contributed by atoms with Crippen molar-refractivity contribution in [1.82, 2.24) is 10.2 Å². The molecule has 1 N–H and O–H groups in total. The molecular formula is C12H17ClN2O2. The number of benzene rings is 1. The lowest BCUT2D eigenvalue weighted by molar-refractivity contribution is 0.0793. The van der Waals surface area contributed by atoms with E-state index in [0.717, 1.165) is 6.54 Å². The van der Waals surface area contributed by atoms with Crippen LogP contribution in [0.1, 0.15) is 10.4 Å². The Bertz CT molecular complexity index is 396. The Morgan fingerprint density at radius 1 is 1.53 bits per heavy atom. The molecule has 94 valence electrons. The molecule has 0 heterocycles. The molecule has 1 rings (SSSR count). The van der Waals surface area contributed by atoms with Crippen LogP contribution in [0.4, 0.5) is 0 Å². The Morgan fingerprint density at radius 3 is 2.82 bits per heavy atom. The minimum absolute atomic E-state index is 0.136. The SMILES string of the molecule is CNCCN(C)C(=O)c1c(Cl)cccc1OC. The summed E-state index contributed by atoms with van der Waals surface area (Å²) in [4.78, 5) is 13.8. The van der Waals surface area contributed by atoms with Gasteiger partial charge in [-0.2, -0.15) is 0 Å².